The lowest BCUT2D eigenvalue weighted by molar-refractivity contribution is -0.130. The number of esters is 1. The summed E-state index contributed by atoms with van der Waals surface area (Å²) in [6.07, 6.45) is -1.29. The van der Waals surface area contributed by atoms with Gasteiger partial charge in [-0.25, -0.2) is 4.79 Å². The fourth-order valence-electron chi connectivity index (χ4n) is 1.73. The van der Waals surface area contributed by atoms with Crippen LogP contribution in [0.5, 0.6) is 28.7 Å². The first-order valence-corrected chi connectivity index (χ1v) is 7.32. The third kappa shape index (κ3) is 5.43. The molecule has 25 heavy (non-hydrogen) atoms. The van der Waals surface area contributed by atoms with Gasteiger partial charge < -0.3 is 29.5 Å². The zero-order chi connectivity index (χ0) is 18.4. The number of aliphatic hydroxyl groups is 1. The average molecular weight is 346 g/mol. The summed E-state index contributed by atoms with van der Waals surface area (Å²) in [5.41, 5.74) is 0.292. The fourth-order valence-corrected chi connectivity index (χ4v) is 1.73. The van der Waals surface area contributed by atoms with Crippen LogP contribution in [0.3, 0.4) is 0 Å². The van der Waals surface area contributed by atoms with Gasteiger partial charge in [-0.15, -0.1) is 0 Å². The fraction of sp³-hybridized carbons (Fsp3) is 0.167. The Bertz CT molecular complexity index is 753. The lowest BCUT2D eigenvalue weighted by Crippen LogP contribution is -2.24. The molecule has 0 heterocycles. The van der Waals surface area contributed by atoms with Crippen molar-refractivity contribution in [3.63, 3.8) is 0 Å². The maximum atomic E-state index is 11.4. The van der Waals surface area contributed by atoms with Crippen molar-refractivity contribution in [3.05, 3.63) is 54.6 Å². The summed E-state index contributed by atoms with van der Waals surface area (Å²) in [5, 5.41) is 28.4. The molecule has 2 aromatic rings. The number of aliphatic hydroxyl groups excluding tert-OH is 1. The summed E-state index contributed by atoms with van der Waals surface area (Å²) < 4.78 is 15.6. The van der Waals surface area contributed by atoms with E-state index in [-0.39, 0.29) is 23.9 Å². The van der Waals surface area contributed by atoms with E-state index in [1.165, 1.54) is 18.2 Å². The summed E-state index contributed by atoms with van der Waals surface area (Å²) in [6, 6.07) is 10.0. The molecule has 0 spiro atoms. The Morgan fingerprint density at radius 3 is 2.24 bits per heavy atom. The summed E-state index contributed by atoms with van der Waals surface area (Å²) in [6.45, 7) is 4.87. The van der Waals surface area contributed by atoms with Crippen molar-refractivity contribution in [2.75, 3.05) is 6.61 Å². The highest BCUT2D eigenvalue weighted by Gasteiger charge is 2.10. The number of carbonyl (C=O) groups excluding carboxylic acids is 1. The standard InChI is InChI=1S/C18H18O7/c1-11(2)18(22)25-13-5-3-12(4-6-13)23-10-17(21)24-14-7-8-15(19)16(20)9-14/h3-9,17,19-21H,1,10H2,2H3. The molecule has 0 bridgehead atoms. The topological polar surface area (TPSA) is 105 Å². The van der Waals surface area contributed by atoms with Crippen LogP contribution in [0.25, 0.3) is 0 Å². The SMILES string of the molecule is C=C(C)C(=O)Oc1ccc(OCC(O)Oc2ccc(O)c(O)c2)cc1. The highest BCUT2D eigenvalue weighted by Crippen LogP contribution is 2.29. The smallest absolute Gasteiger partial charge is 0.338 e. The van der Waals surface area contributed by atoms with Crippen LogP contribution in [0.4, 0.5) is 0 Å². The third-order valence-electron chi connectivity index (χ3n) is 2.99. The Morgan fingerprint density at radius 2 is 1.64 bits per heavy atom. The van der Waals surface area contributed by atoms with Crippen molar-refractivity contribution >= 4 is 5.97 Å². The predicted molar refractivity (Wildman–Crippen MR) is 88.8 cm³/mol. The maximum Gasteiger partial charge on any atom is 0.338 e. The van der Waals surface area contributed by atoms with Crippen molar-refractivity contribution in [1.82, 2.24) is 0 Å². The molecule has 2 aromatic carbocycles. The van der Waals surface area contributed by atoms with Crippen LogP contribution < -0.4 is 14.2 Å². The van der Waals surface area contributed by atoms with Crippen LogP contribution in [0.1, 0.15) is 6.92 Å². The Balaban J connectivity index is 1.84. The van der Waals surface area contributed by atoms with E-state index in [0.29, 0.717) is 17.1 Å². The lowest BCUT2D eigenvalue weighted by atomic mass is 10.3. The molecular weight excluding hydrogens is 328 g/mol. The van der Waals surface area contributed by atoms with Gasteiger partial charge >= 0.3 is 5.97 Å². The average Bonchev–Trinajstić information content (AvgIpc) is 2.57. The summed E-state index contributed by atoms with van der Waals surface area (Å²) in [5.74, 6) is -0.206. The molecule has 7 heteroatoms. The van der Waals surface area contributed by atoms with Crippen molar-refractivity contribution in [1.29, 1.82) is 0 Å². The molecular formula is C18H18O7. The van der Waals surface area contributed by atoms with Gasteiger partial charge in [0.15, 0.2) is 18.1 Å². The summed E-state index contributed by atoms with van der Waals surface area (Å²) in [7, 11) is 0. The number of hydrogen-bond acceptors (Lipinski definition) is 7. The van der Waals surface area contributed by atoms with Crippen LogP contribution in [0.15, 0.2) is 54.6 Å². The van der Waals surface area contributed by atoms with E-state index < -0.39 is 12.3 Å². The van der Waals surface area contributed by atoms with Crippen molar-refractivity contribution in [3.8, 4) is 28.7 Å². The minimum atomic E-state index is -1.29. The summed E-state index contributed by atoms with van der Waals surface area (Å²) >= 11 is 0. The van der Waals surface area contributed by atoms with Gasteiger partial charge in [-0.2, -0.15) is 0 Å². The molecule has 1 atom stereocenters. The monoisotopic (exact) mass is 346 g/mol. The highest BCUT2D eigenvalue weighted by molar-refractivity contribution is 5.88. The second kappa shape index (κ2) is 8.07. The van der Waals surface area contributed by atoms with Gasteiger partial charge in [0.2, 0.25) is 6.29 Å². The number of phenolic OH excluding ortho intramolecular Hbond substituents is 2. The number of hydrogen-bond donors (Lipinski definition) is 3. The normalized spacial score (nSPS) is 11.4. The highest BCUT2D eigenvalue weighted by atomic mass is 16.6. The van der Waals surface area contributed by atoms with E-state index >= 15 is 0 Å². The Hall–Kier alpha value is -3.19. The van der Waals surface area contributed by atoms with Gasteiger partial charge in [0, 0.05) is 11.6 Å². The van der Waals surface area contributed by atoms with E-state index in [1.54, 1.807) is 31.2 Å². The maximum absolute atomic E-state index is 11.4. The molecule has 0 radical (unpaired) electrons. The van der Waals surface area contributed by atoms with Crippen LogP contribution in [-0.2, 0) is 4.79 Å². The number of ether oxygens (including phenoxy) is 3. The largest absolute Gasteiger partial charge is 0.504 e. The van der Waals surface area contributed by atoms with Crippen LogP contribution in [0, 0.1) is 0 Å². The van der Waals surface area contributed by atoms with Crippen LogP contribution >= 0.6 is 0 Å². The summed E-state index contributed by atoms with van der Waals surface area (Å²) in [4.78, 5) is 11.4. The molecule has 0 aliphatic carbocycles. The Kier molecular flexibility index (Phi) is 5.86. The molecule has 1 unspecified atom stereocenters. The van der Waals surface area contributed by atoms with Gasteiger partial charge in [0.25, 0.3) is 0 Å². The number of rotatable bonds is 7. The first-order chi connectivity index (χ1) is 11.8. The second-order valence-corrected chi connectivity index (χ2v) is 5.18. The first-order valence-electron chi connectivity index (χ1n) is 7.32. The van der Waals surface area contributed by atoms with Crippen molar-refractivity contribution in [2.45, 2.75) is 13.2 Å². The zero-order valence-electron chi connectivity index (χ0n) is 13.5. The molecule has 7 nitrogen and oxygen atoms in total. The van der Waals surface area contributed by atoms with E-state index in [2.05, 4.69) is 6.58 Å². The van der Waals surface area contributed by atoms with E-state index in [9.17, 15) is 20.1 Å². The van der Waals surface area contributed by atoms with Gasteiger partial charge in [-0.1, -0.05) is 6.58 Å². The Morgan fingerprint density at radius 1 is 1.04 bits per heavy atom. The van der Waals surface area contributed by atoms with Crippen LogP contribution in [0.2, 0.25) is 0 Å². The molecule has 0 saturated carbocycles. The molecule has 0 saturated heterocycles. The lowest BCUT2D eigenvalue weighted by Gasteiger charge is -2.15. The third-order valence-corrected chi connectivity index (χ3v) is 2.99. The number of benzene rings is 2. The van der Waals surface area contributed by atoms with E-state index in [1.807, 2.05) is 0 Å². The predicted octanol–water partition coefficient (Wildman–Crippen LogP) is 2.36. The molecule has 3 N–H and O–H groups in total. The van der Waals surface area contributed by atoms with E-state index in [4.69, 9.17) is 14.2 Å². The number of carbonyl (C=O) groups is 1. The second-order valence-electron chi connectivity index (χ2n) is 5.18. The first kappa shape index (κ1) is 18.2. The van der Waals surface area contributed by atoms with E-state index in [0.717, 1.165) is 0 Å². The Labute approximate surface area is 144 Å². The minimum absolute atomic E-state index is 0.174. The van der Waals surface area contributed by atoms with Crippen molar-refractivity contribution < 1.29 is 34.3 Å². The molecule has 0 amide bonds. The quantitative estimate of drug-likeness (QED) is 0.232. The molecule has 2 rings (SSSR count). The van der Waals surface area contributed by atoms with Crippen LogP contribution in [-0.4, -0.2) is 34.2 Å². The zero-order valence-corrected chi connectivity index (χ0v) is 13.5. The van der Waals surface area contributed by atoms with Crippen molar-refractivity contribution in [2.24, 2.45) is 0 Å². The van der Waals surface area contributed by atoms with Gasteiger partial charge in [0.05, 0.1) is 0 Å². The molecule has 0 aliphatic heterocycles. The molecule has 0 aromatic heterocycles. The molecule has 0 aliphatic rings. The van der Waals surface area contributed by atoms with Gasteiger partial charge in [-0.3, -0.25) is 0 Å². The van der Waals surface area contributed by atoms with Gasteiger partial charge in [0.1, 0.15) is 17.2 Å². The number of phenols is 2. The van der Waals surface area contributed by atoms with Gasteiger partial charge in [-0.05, 0) is 43.3 Å². The minimum Gasteiger partial charge on any atom is -0.504 e. The molecule has 0 fully saturated rings. The number of aromatic hydroxyl groups is 2. The molecule has 132 valence electrons.